The molecule has 1 aliphatic rings. The monoisotopic (exact) mass is 415 g/mol. The number of aromatic nitrogens is 4. The van der Waals surface area contributed by atoms with E-state index in [0.717, 1.165) is 28.1 Å². The lowest BCUT2D eigenvalue weighted by atomic mass is 10.1. The number of hydrogen-bond acceptors (Lipinski definition) is 5. The summed E-state index contributed by atoms with van der Waals surface area (Å²) in [6.07, 6.45) is 11.6. The van der Waals surface area contributed by atoms with E-state index < -0.39 is 0 Å². The van der Waals surface area contributed by atoms with Gasteiger partial charge in [0.2, 0.25) is 0 Å². The number of carbonyl (C=O) groups excluding carboxylic acids is 1. The number of thiophene rings is 1. The average molecular weight is 416 g/mol. The highest BCUT2D eigenvalue weighted by Crippen LogP contribution is 2.32. The second-order valence-corrected chi connectivity index (χ2v) is 8.54. The van der Waals surface area contributed by atoms with Gasteiger partial charge in [0, 0.05) is 59.1 Å². The van der Waals surface area contributed by atoms with E-state index in [4.69, 9.17) is 0 Å². The van der Waals surface area contributed by atoms with E-state index in [9.17, 15) is 4.79 Å². The van der Waals surface area contributed by atoms with Crippen LogP contribution in [0.2, 0.25) is 0 Å². The first kappa shape index (κ1) is 18.7. The Morgan fingerprint density at radius 3 is 2.67 bits per heavy atom. The number of pyridine rings is 1. The van der Waals surface area contributed by atoms with Gasteiger partial charge in [0.25, 0.3) is 5.91 Å². The maximum Gasteiger partial charge on any atom is 0.268 e. The summed E-state index contributed by atoms with van der Waals surface area (Å²) in [5.74, 6) is 1.25. The maximum absolute atomic E-state index is 12.9. The molecule has 0 spiro atoms. The Kier molecular flexibility index (Phi) is 5.11. The fourth-order valence-corrected chi connectivity index (χ4v) is 4.03. The molecule has 7 heteroatoms. The Balaban J connectivity index is 1.39. The van der Waals surface area contributed by atoms with Gasteiger partial charge in [0.05, 0.1) is 6.54 Å². The fourth-order valence-electron chi connectivity index (χ4n) is 3.38. The smallest absolute Gasteiger partial charge is 0.268 e. The molecular formula is C23H21N5OS. The number of carbonyl (C=O) groups is 1. The minimum Gasteiger partial charge on any atom is -0.346 e. The van der Waals surface area contributed by atoms with Crippen molar-refractivity contribution in [3.05, 3.63) is 77.3 Å². The average Bonchev–Trinajstić information content (AvgIpc) is 3.27. The van der Waals surface area contributed by atoms with Crippen molar-refractivity contribution in [2.24, 2.45) is 5.92 Å². The molecule has 0 unspecified atom stereocenters. The van der Waals surface area contributed by atoms with Crippen LogP contribution < -0.4 is 5.32 Å². The van der Waals surface area contributed by atoms with Crippen LogP contribution in [0.4, 0.5) is 0 Å². The fraction of sp³-hybridized carbons (Fsp3) is 0.217. The van der Waals surface area contributed by atoms with Crippen LogP contribution in [0.15, 0.2) is 66.7 Å². The van der Waals surface area contributed by atoms with Gasteiger partial charge in [-0.1, -0.05) is 6.07 Å². The molecule has 1 amide bonds. The second-order valence-electron chi connectivity index (χ2n) is 7.51. The highest BCUT2D eigenvalue weighted by molar-refractivity contribution is 7.09. The summed E-state index contributed by atoms with van der Waals surface area (Å²) in [5.41, 5.74) is 3.41. The Bertz CT molecular complexity index is 1130. The number of rotatable bonds is 7. The first-order valence-corrected chi connectivity index (χ1v) is 10.9. The molecule has 0 saturated heterocycles. The first-order chi connectivity index (χ1) is 14.8. The summed E-state index contributed by atoms with van der Waals surface area (Å²) in [4.78, 5) is 27.1. The Morgan fingerprint density at radius 2 is 1.97 bits per heavy atom. The molecular weight excluding hydrogens is 394 g/mol. The number of amides is 1. The van der Waals surface area contributed by atoms with Crippen molar-refractivity contribution in [2.45, 2.75) is 25.9 Å². The Labute approximate surface area is 178 Å². The van der Waals surface area contributed by atoms with E-state index in [0.29, 0.717) is 24.0 Å². The lowest BCUT2D eigenvalue weighted by Crippen LogP contribution is -2.25. The van der Waals surface area contributed by atoms with Crippen molar-refractivity contribution in [2.75, 3.05) is 0 Å². The third-order valence-corrected chi connectivity index (χ3v) is 6.07. The molecule has 1 aliphatic carbocycles. The van der Waals surface area contributed by atoms with Gasteiger partial charge in [-0.3, -0.25) is 9.78 Å². The summed E-state index contributed by atoms with van der Waals surface area (Å²) < 4.78 is 2.08. The molecule has 0 aromatic carbocycles. The molecule has 1 N–H and O–H groups in total. The van der Waals surface area contributed by atoms with E-state index >= 15 is 0 Å². The highest BCUT2D eigenvalue weighted by Gasteiger charge is 2.24. The minimum atomic E-state index is -0.0526. The molecule has 6 nitrogen and oxygen atoms in total. The molecule has 150 valence electrons. The minimum absolute atomic E-state index is 0.0526. The lowest BCUT2D eigenvalue weighted by Gasteiger charge is -2.08. The van der Waals surface area contributed by atoms with Crippen LogP contribution in [0.5, 0.6) is 0 Å². The van der Waals surface area contributed by atoms with E-state index in [2.05, 4.69) is 24.8 Å². The third-order valence-electron chi connectivity index (χ3n) is 5.19. The number of nitrogens with zero attached hydrogens (tertiary/aromatic N) is 4. The molecule has 30 heavy (non-hydrogen) atoms. The largest absolute Gasteiger partial charge is 0.346 e. The van der Waals surface area contributed by atoms with Crippen LogP contribution >= 0.6 is 11.3 Å². The predicted molar refractivity (Wildman–Crippen MR) is 117 cm³/mol. The molecule has 0 bridgehead atoms. The lowest BCUT2D eigenvalue weighted by molar-refractivity contribution is 0.0941. The van der Waals surface area contributed by atoms with E-state index in [1.165, 1.54) is 12.8 Å². The van der Waals surface area contributed by atoms with E-state index in [1.54, 1.807) is 36.1 Å². The van der Waals surface area contributed by atoms with Crippen molar-refractivity contribution in [1.82, 2.24) is 24.8 Å². The molecule has 0 atom stereocenters. The molecule has 4 aromatic heterocycles. The molecule has 4 aromatic rings. The van der Waals surface area contributed by atoms with E-state index in [1.807, 2.05) is 41.9 Å². The zero-order chi connectivity index (χ0) is 20.3. The molecule has 0 radical (unpaired) electrons. The molecule has 0 aliphatic heterocycles. The van der Waals surface area contributed by atoms with Crippen molar-refractivity contribution >= 4 is 17.2 Å². The van der Waals surface area contributed by atoms with Crippen LogP contribution in [0.25, 0.3) is 22.5 Å². The third kappa shape index (κ3) is 4.16. The summed E-state index contributed by atoms with van der Waals surface area (Å²) in [6.45, 7) is 1.42. The first-order valence-electron chi connectivity index (χ1n) is 10.00. The summed E-state index contributed by atoms with van der Waals surface area (Å²) in [6, 6.07) is 9.76. The zero-order valence-electron chi connectivity index (χ0n) is 16.4. The van der Waals surface area contributed by atoms with Gasteiger partial charge in [-0.2, -0.15) is 0 Å². The van der Waals surface area contributed by atoms with E-state index in [-0.39, 0.29) is 5.91 Å². The van der Waals surface area contributed by atoms with Crippen molar-refractivity contribution in [3.8, 4) is 22.5 Å². The van der Waals surface area contributed by atoms with Gasteiger partial charge in [-0.05, 0) is 48.4 Å². The van der Waals surface area contributed by atoms with Gasteiger partial charge < -0.3 is 9.88 Å². The van der Waals surface area contributed by atoms with Crippen LogP contribution in [-0.2, 0) is 13.1 Å². The molecule has 1 saturated carbocycles. The Hall–Kier alpha value is -3.32. The van der Waals surface area contributed by atoms with Gasteiger partial charge in [-0.25, -0.2) is 9.97 Å². The van der Waals surface area contributed by atoms with Crippen molar-refractivity contribution in [1.29, 1.82) is 0 Å². The quantitative estimate of drug-likeness (QED) is 0.485. The van der Waals surface area contributed by atoms with Gasteiger partial charge in [-0.15, -0.1) is 11.3 Å². The SMILES string of the molecule is O=C(NCc1cccs1)c1cc(-c2cnc(-c3cccnc3)nc2)cn1CC1CC1. The van der Waals surface area contributed by atoms with Crippen LogP contribution in [0, 0.1) is 5.92 Å². The topological polar surface area (TPSA) is 72.7 Å². The van der Waals surface area contributed by atoms with Gasteiger partial charge >= 0.3 is 0 Å². The number of nitrogens with one attached hydrogen (secondary N) is 1. The normalized spacial score (nSPS) is 13.3. The van der Waals surface area contributed by atoms with Crippen molar-refractivity contribution in [3.63, 3.8) is 0 Å². The maximum atomic E-state index is 12.9. The van der Waals surface area contributed by atoms with Gasteiger partial charge in [0.1, 0.15) is 5.69 Å². The Morgan fingerprint density at radius 1 is 1.10 bits per heavy atom. The molecule has 4 heterocycles. The zero-order valence-corrected chi connectivity index (χ0v) is 17.2. The van der Waals surface area contributed by atoms with Crippen LogP contribution in [0.3, 0.4) is 0 Å². The van der Waals surface area contributed by atoms with Crippen LogP contribution in [0.1, 0.15) is 28.2 Å². The summed E-state index contributed by atoms with van der Waals surface area (Å²) in [7, 11) is 0. The second kappa shape index (κ2) is 8.20. The standard InChI is InChI=1S/C23H21N5OS/c29-23(27-13-20-4-2-8-30-20)21-9-18(15-28(21)14-16-5-6-16)19-11-25-22(26-12-19)17-3-1-7-24-10-17/h1-4,7-12,15-16H,5-6,13-14H2,(H,27,29). The highest BCUT2D eigenvalue weighted by atomic mass is 32.1. The summed E-state index contributed by atoms with van der Waals surface area (Å²) in [5, 5.41) is 5.06. The number of hydrogen-bond donors (Lipinski definition) is 1. The summed E-state index contributed by atoms with van der Waals surface area (Å²) >= 11 is 1.64. The predicted octanol–water partition coefficient (Wildman–Crippen LogP) is 4.41. The van der Waals surface area contributed by atoms with Crippen LogP contribution in [-0.4, -0.2) is 25.4 Å². The van der Waals surface area contributed by atoms with Gasteiger partial charge in [0.15, 0.2) is 5.82 Å². The molecule has 1 fully saturated rings. The van der Waals surface area contributed by atoms with Crippen molar-refractivity contribution < 1.29 is 4.79 Å². The molecule has 5 rings (SSSR count).